The van der Waals surface area contributed by atoms with Gasteiger partial charge in [0.1, 0.15) is 24.7 Å². The lowest BCUT2D eigenvalue weighted by Crippen LogP contribution is -2.35. The lowest BCUT2D eigenvalue weighted by Gasteiger charge is -2.19. The Bertz CT molecular complexity index is 899. The Morgan fingerprint density at radius 2 is 2.19 bits per heavy atom. The lowest BCUT2D eigenvalue weighted by molar-refractivity contribution is -0.122. The van der Waals surface area contributed by atoms with Gasteiger partial charge in [0, 0.05) is 23.6 Å². The van der Waals surface area contributed by atoms with Crippen LogP contribution in [-0.4, -0.2) is 21.7 Å². The van der Waals surface area contributed by atoms with Gasteiger partial charge in [-0.15, -0.1) is 0 Å². The molecule has 0 aliphatic carbocycles. The van der Waals surface area contributed by atoms with Crippen LogP contribution < -0.4 is 10.1 Å². The van der Waals surface area contributed by atoms with Crippen LogP contribution in [0.3, 0.4) is 0 Å². The minimum absolute atomic E-state index is 0.0492. The molecule has 134 valence electrons. The second-order valence-corrected chi connectivity index (χ2v) is 6.55. The fourth-order valence-corrected chi connectivity index (χ4v) is 3.25. The first-order valence-corrected chi connectivity index (χ1v) is 8.79. The number of benzene rings is 1. The molecule has 0 unspecified atom stereocenters. The summed E-state index contributed by atoms with van der Waals surface area (Å²) in [6.07, 6.45) is 5.07. The fourth-order valence-electron chi connectivity index (χ4n) is 3.25. The molecule has 2 aromatic heterocycles. The molecule has 0 saturated carbocycles. The van der Waals surface area contributed by atoms with E-state index in [0.717, 1.165) is 41.2 Å². The number of nitrogens with zero attached hydrogens (tertiary/aromatic N) is 2. The first-order chi connectivity index (χ1) is 12.7. The average Bonchev–Trinajstić information content (AvgIpc) is 3.30. The molecule has 0 bridgehead atoms. The van der Waals surface area contributed by atoms with E-state index in [2.05, 4.69) is 10.4 Å². The van der Waals surface area contributed by atoms with Gasteiger partial charge in [-0.1, -0.05) is 12.1 Å². The van der Waals surface area contributed by atoms with Crippen molar-refractivity contribution in [1.29, 1.82) is 0 Å². The van der Waals surface area contributed by atoms with E-state index >= 15 is 0 Å². The average molecular weight is 351 g/mol. The van der Waals surface area contributed by atoms with E-state index in [0.29, 0.717) is 6.61 Å². The van der Waals surface area contributed by atoms with Crippen LogP contribution in [0.5, 0.6) is 5.75 Å². The van der Waals surface area contributed by atoms with Crippen molar-refractivity contribution >= 4 is 5.91 Å². The van der Waals surface area contributed by atoms with Gasteiger partial charge >= 0.3 is 0 Å². The third-order valence-corrected chi connectivity index (χ3v) is 4.55. The predicted octanol–water partition coefficient (Wildman–Crippen LogP) is 3.17. The van der Waals surface area contributed by atoms with Crippen molar-refractivity contribution in [1.82, 2.24) is 15.1 Å². The summed E-state index contributed by atoms with van der Waals surface area (Å²) in [5, 5.41) is 7.43. The van der Waals surface area contributed by atoms with Gasteiger partial charge in [0.25, 0.3) is 0 Å². The summed E-state index contributed by atoms with van der Waals surface area (Å²) in [6, 6.07) is 11.7. The molecular formula is C20H21N3O3. The Kier molecular flexibility index (Phi) is 4.48. The van der Waals surface area contributed by atoms with Crippen LogP contribution in [0.1, 0.15) is 24.7 Å². The number of hydrogen-bond acceptors (Lipinski definition) is 4. The zero-order chi connectivity index (χ0) is 17.9. The number of aryl methyl sites for hydroxylation is 1. The molecule has 6 heteroatoms. The second kappa shape index (κ2) is 7.07. The first-order valence-electron chi connectivity index (χ1n) is 8.79. The van der Waals surface area contributed by atoms with Crippen molar-refractivity contribution < 1.29 is 13.9 Å². The SMILES string of the molecule is C[C@@H](CCc1ccco1)NC(=O)Cn1ncc2c1-c1ccccc1OC2. The highest BCUT2D eigenvalue weighted by Crippen LogP contribution is 2.36. The van der Waals surface area contributed by atoms with E-state index in [9.17, 15) is 4.79 Å². The summed E-state index contributed by atoms with van der Waals surface area (Å²) < 4.78 is 12.8. The van der Waals surface area contributed by atoms with Crippen LogP contribution in [0.4, 0.5) is 0 Å². The van der Waals surface area contributed by atoms with E-state index in [1.54, 1.807) is 17.1 Å². The number of hydrogen-bond donors (Lipinski definition) is 1. The fraction of sp³-hybridized carbons (Fsp3) is 0.300. The first kappa shape index (κ1) is 16.4. The van der Waals surface area contributed by atoms with Gasteiger partial charge in [0.2, 0.25) is 5.91 Å². The molecule has 6 nitrogen and oxygen atoms in total. The molecule has 1 aliphatic rings. The molecule has 4 rings (SSSR count). The summed E-state index contributed by atoms with van der Waals surface area (Å²) in [5.74, 6) is 1.71. The smallest absolute Gasteiger partial charge is 0.241 e. The van der Waals surface area contributed by atoms with E-state index in [1.807, 2.05) is 43.3 Å². The van der Waals surface area contributed by atoms with Crippen LogP contribution in [-0.2, 0) is 24.4 Å². The minimum Gasteiger partial charge on any atom is -0.488 e. The molecule has 1 aromatic carbocycles. The molecule has 1 amide bonds. The zero-order valence-electron chi connectivity index (χ0n) is 14.6. The highest BCUT2D eigenvalue weighted by atomic mass is 16.5. The Morgan fingerprint density at radius 1 is 1.31 bits per heavy atom. The second-order valence-electron chi connectivity index (χ2n) is 6.55. The number of carbonyl (C=O) groups excluding carboxylic acids is 1. The van der Waals surface area contributed by atoms with Gasteiger partial charge in [-0.25, -0.2) is 0 Å². The van der Waals surface area contributed by atoms with Gasteiger partial charge in [0.05, 0.1) is 18.2 Å². The number of nitrogens with one attached hydrogen (secondary N) is 1. The summed E-state index contributed by atoms with van der Waals surface area (Å²) in [5.41, 5.74) is 2.94. The summed E-state index contributed by atoms with van der Waals surface area (Å²) >= 11 is 0. The number of ether oxygens (including phenoxy) is 1. The van der Waals surface area contributed by atoms with Crippen molar-refractivity contribution in [3.63, 3.8) is 0 Å². The molecule has 0 saturated heterocycles. The maximum atomic E-state index is 12.5. The maximum absolute atomic E-state index is 12.5. The topological polar surface area (TPSA) is 69.3 Å². The van der Waals surface area contributed by atoms with Crippen LogP contribution in [0.25, 0.3) is 11.3 Å². The molecule has 1 atom stereocenters. The normalized spacial score (nSPS) is 13.4. The van der Waals surface area contributed by atoms with Crippen molar-refractivity contribution in [2.24, 2.45) is 0 Å². The number of rotatable bonds is 6. The van der Waals surface area contributed by atoms with Crippen LogP contribution in [0.15, 0.2) is 53.3 Å². The lowest BCUT2D eigenvalue weighted by atomic mass is 10.0. The highest BCUT2D eigenvalue weighted by Gasteiger charge is 2.23. The summed E-state index contributed by atoms with van der Waals surface area (Å²) in [6.45, 7) is 2.67. The molecule has 0 radical (unpaired) electrons. The van der Waals surface area contributed by atoms with E-state index in [4.69, 9.17) is 9.15 Å². The molecular weight excluding hydrogens is 330 g/mol. The number of carbonyl (C=O) groups is 1. The highest BCUT2D eigenvalue weighted by molar-refractivity contribution is 5.78. The number of fused-ring (bicyclic) bond motifs is 3. The Balaban J connectivity index is 1.41. The molecule has 0 fully saturated rings. The van der Waals surface area contributed by atoms with Crippen molar-refractivity contribution in [2.75, 3.05) is 0 Å². The van der Waals surface area contributed by atoms with Crippen LogP contribution in [0, 0.1) is 0 Å². The Hall–Kier alpha value is -3.02. The standard InChI is InChI=1S/C20H21N3O3/c1-14(8-9-16-5-4-10-25-16)22-19(24)12-23-20-15(11-21-23)13-26-18-7-3-2-6-17(18)20/h2-7,10-11,14H,8-9,12-13H2,1H3,(H,22,24)/t14-/m0/s1. The van der Waals surface area contributed by atoms with Crippen molar-refractivity contribution in [3.8, 4) is 17.0 Å². The maximum Gasteiger partial charge on any atom is 0.241 e. The third kappa shape index (κ3) is 3.35. The number of furan rings is 1. The molecule has 26 heavy (non-hydrogen) atoms. The quantitative estimate of drug-likeness (QED) is 0.741. The van der Waals surface area contributed by atoms with Gasteiger partial charge in [-0.2, -0.15) is 5.10 Å². The third-order valence-electron chi connectivity index (χ3n) is 4.55. The zero-order valence-corrected chi connectivity index (χ0v) is 14.6. The predicted molar refractivity (Wildman–Crippen MR) is 96.6 cm³/mol. The van der Waals surface area contributed by atoms with E-state index in [1.165, 1.54) is 0 Å². The van der Waals surface area contributed by atoms with E-state index < -0.39 is 0 Å². The number of amides is 1. The molecule has 1 N–H and O–H groups in total. The largest absolute Gasteiger partial charge is 0.488 e. The Morgan fingerprint density at radius 3 is 3.04 bits per heavy atom. The monoisotopic (exact) mass is 351 g/mol. The van der Waals surface area contributed by atoms with Gasteiger partial charge in [-0.05, 0) is 37.6 Å². The van der Waals surface area contributed by atoms with Gasteiger partial charge in [-0.3, -0.25) is 9.48 Å². The van der Waals surface area contributed by atoms with E-state index in [-0.39, 0.29) is 18.5 Å². The molecule has 3 heterocycles. The minimum atomic E-state index is -0.0492. The number of aromatic nitrogens is 2. The van der Waals surface area contributed by atoms with Crippen LogP contribution in [0.2, 0.25) is 0 Å². The van der Waals surface area contributed by atoms with Gasteiger partial charge in [0.15, 0.2) is 0 Å². The summed E-state index contributed by atoms with van der Waals surface area (Å²) in [4.78, 5) is 12.5. The summed E-state index contributed by atoms with van der Waals surface area (Å²) in [7, 11) is 0. The van der Waals surface area contributed by atoms with Crippen molar-refractivity contribution in [3.05, 3.63) is 60.2 Å². The van der Waals surface area contributed by atoms with Crippen LogP contribution >= 0.6 is 0 Å². The number of para-hydroxylation sites is 1. The molecule has 3 aromatic rings. The molecule has 0 spiro atoms. The molecule has 1 aliphatic heterocycles. The Labute approximate surface area is 151 Å². The van der Waals surface area contributed by atoms with Gasteiger partial charge < -0.3 is 14.5 Å². The van der Waals surface area contributed by atoms with Crippen molar-refractivity contribution in [2.45, 2.75) is 39.0 Å².